The fraction of sp³-hybridized carbons (Fsp3) is 0.0870. The zero-order valence-corrected chi connectivity index (χ0v) is 14.1. The summed E-state index contributed by atoms with van der Waals surface area (Å²) in [4.78, 5) is 15.2. The van der Waals surface area contributed by atoms with Gasteiger partial charge in [0.15, 0.2) is 6.29 Å². The van der Waals surface area contributed by atoms with Crippen LogP contribution >= 0.6 is 0 Å². The third kappa shape index (κ3) is 2.76. The number of hydrogen-bond acceptors (Lipinski definition) is 1. The highest BCUT2D eigenvalue weighted by Crippen LogP contribution is 2.32. The molecule has 4 aromatic rings. The molecule has 1 aromatic heterocycles. The molecule has 0 atom stereocenters. The lowest BCUT2D eigenvalue weighted by atomic mass is 10.0. The van der Waals surface area contributed by atoms with Gasteiger partial charge < -0.3 is 4.98 Å². The minimum atomic E-state index is 0.719. The van der Waals surface area contributed by atoms with Crippen molar-refractivity contribution in [1.82, 2.24) is 4.98 Å². The molecule has 4 rings (SSSR count). The van der Waals surface area contributed by atoms with Crippen LogP contribution in [0.4, 0.5) is 0 Å². The molecule has 0 radical (unpaired) electrons. The lowest BCUT2D eigenvalue weighted by molar-refractivity contribution is 0.112. The zero-order chi connectivity index (χ0) is 17.2. The number of aromatic amines is 1. The summed E-state index contributed by atoms with van der Waals surface area (Å²) in [6.07, 6.45) is 1.96. The molecule has 0 saturated carbocycles. The lowest BCUT2D eigenvalue weighted by Crippen LogP contribution is -1.86. The van der Waals surface area contributed by atoms with E-state index in [1.165, 1.54) is 5.56 Å². The van der Waals surface area contributed by atoms with Crippen molar-refractivity contribution in [3.05, 3.63) is 83.9 Å². The van der Waals surface area contributed by atoms with E-state index in [2.05, 4.69) is 66.5 Å². The van der Waals surface area contributed by atoms with E-state index in [-0.39, 0.29) is 0 Å². The Morgan fingerprint density at radius 3 is 2.24 bits per heavy atom. The van der Waals surface area contributed by atoms with Gasteiger partial charge in [-0.1, -0.05) is 67.6 Å². The standard InChI is InChI=1S/C23H19NO/c1-2-16-8-10-18(11-9-16)23-21(15-25)20-14-19(12-13-22(20)24-23)17-6-4-3-5-7-17/h3-15,24H,2H2,1H3. The largest absolute Gasteiger partial charge is 0.354 e. The Morgan fingerprint density at radius 1 is 0.840 bits per heavy atom. The number of aromatic nitrogens is 1. The second-order valence-corrected chi connectivity index (χ2v) is 6.21. The maximum Gasteiger partial charge on any atom is 0.152 e. The van der Waals surface area contributed by atoms with Crippen LogP contribution in [0, 0.1) is 0 Å². The average molecular weight is 325 g/mol. The predicted octanol–water partition coefficient (Wildman–Crippen LogP) is 5.88. The maximum absolute atomic E-state index is 11.8. The lowest BCUT2D eigenvalue weighted by Gasteiger charge is -2.02. The molecular formula is C23H19NO. The summed E-state index contributed by atoms with van der Waals surface area (Å²) in [6, 6.07) is 24.8. The molecule has 0 saturated heterocycles. The number of aldehydes is 1. The van der Waals surface area contributed by atoms with Crippen LogP contribution in [0.1, 0.15) is 22.8 Å². The third-order valence-corrected chi connectivity index (χ3v) is 4.71. The number of hydrogen-bond donors (Lipinski definition) is 1. The summed E-state index contributed by atoms with van der Waals surface area (Å²) in [6.45, 7) is 2.14. The minimum Gasteiger partial charge on any atom is -0.354 e. The molecule has 3 aromatic carbocycles. The van der Waals surface area contributed by atoms with Crippen molar-refractivity contribution in [2.24, 2.45) is 0 Å². The zero-order valence-electron chi connectivity index (χ0n) is 14.1. The first-order valence-electron chi connectivity index (χ1n) is 8.56. The van der Waals surface area contributed by atoms with Gasteiger partial charge in [0.25, 0.3) is 0 Å². The number of carbonyl (C=O) groups is 1. The van der Waals surface area contributed by atoms with Gasteiger partial charge in [-0.05, 0) is 40.8 Å². The van der Waals surface area contributed by atoms with Crippen LogP contribution in [0.25, 0.3) is 33.3 Å². The van der Waals surface area contributed by atoms with E-state index in [9.17, 15) is 4.79 Å². The van der Waals surface area contributed by atoms with Crippen molar-refractivity contribution in [3.8, 4) is 22.4 Å². The smallest absolute Gasteiger partial charge is 0.152 e. The Balaban J connectivity index is 1.87. The average Bonchev–Trinajstić information content (AvgIpc) is 3.06. The van der Waals surface area contributed by atoms with E-state index in [1.807, 2.05) is 18.2 Å². The highest BCUT2D eigenvalue weighted by molar-refractivity contribution is 6.05. The van der Waals surface area contributed by atoms with Crippen LogP contribution in [-0.4, -0.2) is 11.3 Å². The van der Waals surface area contributed by atoms with Gasteiger partial charge in [-0.3, -0.25) is 4.79 Å². The summed E-state index contributed by atoms with van der Waals surface area (Å²) in [5, 5.41) is 0.964. The van der Waals surface area contributed by atoms with E-state index in [0.717, 1.165) is 51.6 Å². The van der Waals surface area contributed by atoms with Crippen LogP contribution < -0.4 is 0 Å². The molecule has 1 heterocycles. The highest BCUT2D eigenvalue weighted by atomic mass is 16.1. The van der Waals surface area contributed by atoms with Gasteiger partial charge >= 0.3 is 0 Å². The van der Waals surface area contributed by atoms with Gasteiger partial charge in [0.1, 0.15) is 0 Å². The number of benzene rings is 3. The Morgan fingerprint density at radius 2 is 1.56 bits per heavy atom. The first kappa shape index (κ1) is 15.4. The molecule has 2 heteroatoms. The molecule has 0 spiro atoms. The molecule has 25 heavy (non-hydrogen) atoms. The number of aryl methyl sites for hydroxylation is 1. The summed E-state index contributed by atoms with van der Waals surface area (Å²) >= 11 is 0. The number of H-pyrrole nitrogens is 1. The maximum atomic E-state index is 11.8. The van der Waals surface area contributed by atoms with E-state index in [0.29, 0.717) is 0 Å². The van der Waals surface area contributed by atoms with Gasteiger partial charge in [-0.15, -0.1) is 0 Å². The molecule has 0 aliphatic rings. The van der Waals surface area contributed by atoms with Crippen LogP contribution in [0.3, 0.4) is 0 Å². The summed E-state index contributed by atoms with van der Waals surface area (Å²) < 4.78 is 0. The van der Waals surface area contributed by atoms with Crippen molar-refractivity contribution in [2.45, 2.75) is 13.3 Å². The Hall–Kier alpha value is -3.13. The van der Waals surface area contributed by atoms with Crippen molar-refractivity contribution in [2.75, 3.05) is 0 Å². The van der Waals surface area contributed by atoms with E-state index in [4.69, 9.17) is 0 Å². The number of carbonyl (C=O) groups excluding carboxylic acids is 1. The molecule has 1 N–H and O–H groups in total. The molecular weight excluding hydrogens is 306 g/mol. The van der Waals surface area contributed by atoms with Crippen molar-refractivity contribution in [1.29, 1.82) is 0 Å². The van der Waals surface area contributed by atoms with Crippen molar-refractivity contribution < 1.29 is 4.79 Å². The molecule has 0 unspecified atom stereocenters. The molecule has 0 aliphatic heterocycles. The van der Waals surface area contributed by atoms with Crippen LogP contribution in [-0.2, 0) is 6.42 Å². The monoisotopic (exact) mass is 325 g/mol. The van der Waals surface area contributed by atoms with Gasteiger partial charge in [-0.25, -0.2) is 0 Å². The summed E-state index contributed by atoms with van der Waals surface area (Å²) in [5.41, 5.74) is 7.18. The molecule has 0 fully saturated rings. The first-order chi connectivity index (χ1) is 12.3. The SMILES string of the molecule is CCc1ccc(-c2[nH]c3ccc(-c4ccccc4)cc3c2C=O)cc1. The third-order valence-electron chi connectivity index (χ3n) is 4.71. The normalized spacial score (nSPS) is 10.9. The second kappa shape index (κ2) is 6.40. The van der Waals surface area contributed by atoms with E-state index < -0.39 is 0 Å². The number of nitrogens with one attached hydrogen (secondary N) is 1. The highest BCUT2D eigenvalue weighted by Gasteiger charge is 2.13. The van der Waals surface area contributed by atoms with E-state index >= 15 is 0 Å². The fourth-order valence-electron chi connectivity index (χ4n) is 3.28. The van der Waals surface area contributed by atoms with Gasteiger partial charge in [0.2, 0.25) is 0 Å². The number of rotatable bonds is 4. The Kier molecular flexibility index (Phi) is 3.95. The molecule has 122 valence electrons. The van der Waals surface area contributed by atoms with E-state index in [1.54, 1.807) is 0 Å². The van der Waals surface area contributed by atoms with Gasteiger partial charge in [0.05, 0.1) is 5.69 Å². The molecule has 0 aliphatic carbocycles. The summed E-state index contributed by atoms with van der Waals surface area (Å²) in [7, 11) is 0. The minimum absolute atomic E-state index is 0.719. The Labute approximate surface area is 147 Å². The van der Waals surface area contributed by atoms with Crippen LogP contribution in [0.15, 0.2) is 72.8 Å². The van der Waals surface area contributed by atoms with Gasteiger partial charge in [0, 0.05) is 16.5 Å². The topological polar surface area (TPSA) is 32.9 Å². The summed E-state index contributed by atoms with van der Waals surface area (Å²) in [5.74, 6) is 0. The Bertz CT molecular complexity index is 1030. The van der Waals surface area contributed by atoms with Crippen LogP contribution in [0.5, 0.6) is 0 Å². The fourth-order valence-corrected chi connectivity index (χ4v) is 3.28. The second-order valence-electron chi connectivity index (χ2n) is 6.21. The van der Waals surface area contributed by atoms with Gasteiger partial charge in [-0.2, -0.15) is 0 Å². The van der Waals surface area contributed by atoms with Crippen molar-refractivity contribution >= 4 is 17.2 Å². The van der Waals surface area contributed by atoms with Crippen LogP contribution in [0.2, 0.25) is 0 Å². The predicted molar refractivity (Wildman–Crippen MR) is 104 cm³/mol. The first-order valence-corrected chi connectivity index (χ1v) is 8.56. The van der Waals surface area contributed by atoms with Crippen molar-refractivity contribution in [3.63, 3.8) is 0 Å². The quantitative estimate of drug-likeness (QED) is 0.467. The molecule has 2 nitrogen and oxygen atoms in total. The molecule has 0 amide bonds. The number of fused-ring (bicyclic) bond motifs is 1. The molecule has 0 bridgehead atoms.